The van der Waals surface area contributed by atoms with Crippen molar-refractivity contribution in [2.24, 2.45) is 0 Å². The third-order valence-corrected chi connectivity index (χ3v) is 4.07. The van der Waals surface area contributed by atoms with Crippen LogP contribution in [-0.2, 0) is 4.79 Å². The second-order valence-corrected chi connectivity index (χ2v) is 6.26. The van der Waals surface area contributed by atoms with Gasteiger partial charge in [-0.2, -0.15) is 9.90 Å². The highest BCUT2D eigenvalue weighted by Crippen LogP contribution is 2.14. The van der Waals surface area contributed by atoms with E-state index in [1.807, 2.05) is 0 Å². The zero-order valence-corrected chi connectivity index (χ0v) is 16.1. The van der Waals surface area contributed by atoms with Gasteiger partial charge in [0.25, 0.3) is 0 Å². The Morgan fingerprint density at radius 1 is 0.773 bits per heavy atom. The molecule has 0 aromatic carbocycles. The van der Waals surface area contributed by atoms with Crippen LogP contribution in [0.4, 0.5) is 0 Å². The fraction of sp³-hybridized carbons (Fsp3) is 0.944. The minimum absolute atomic E-state index is 0. The first-order valence-corrected chi connectivity index (χ1v) is 9.06. The topological polar surface area (TPSA) is 57.5 Å². The lowest BCUT2D eigenvalue weighted by Crippen LogP contribution is -2.05. The van der Waals surface area contributed by atoms with E-state index in [2.05, 4.69) is 6.92 Å². The van der Waals surface area contributed by atoms with Gasteiger partial charge in [-0.25, -0.2) is 0 Å². The third kappa shape index (κ3) is 19.9. The SMILES string of the molecule is CCCCCCCCC(O)CCCCCCCCC(=O)O.P. The van der Waals surface area contributed by atoms with E-state index in [0.29, 0.717) is 6.42 Å². The van der Waals surface area contributed by atoms with Gasteiger partial charge in [0.1, 0.15) is 0 Å². The molecule has 0 saturated heterocycles. The minimum atomic E-state index is -0.687. The number of carboxylic acids is 1. The lowest BCUT2D eigenvalue weighted by atomic mass is 10.0. The number of aliphatic carboxylic acids is 1. The molecule has 0 saturated carbocycles. The second kappa shape index (κ2) is 18.9. The number of carboxylic acid groups (broad SMARTS) is 1. The van der Waals surface area contributed by atoms with Gasteiger partial charge in [0, 0.05) is 6.42 Å². The molecule has 2 atom stereocenters. The molecule has 0 aliphatic rings. The van der Waals surface area contributed by atoms with E-state index in [1.165, 1.54) is 51.4 Å². The molecule has 0 aromatic heterocycles. The van der Waals surface area contributed by atoms with E-state index in [1.54, 1.807) is 0 Å². The summed E-state index contributed by atoms with van der Waals surface area (Å²) >= 11 is 0. The second-order valence-electron chi connectivity index (χ2n) is 6.26. The van der Waals surface area contributed by atoms with Crippen molar-refractivity contribution in [2.75, 3.05) is 0 Å². The summed E-state index contributed by atoms with van der Waals surface area (Å²) in [6.07, 6.45) is 16.2. The van der Waals surface area contributed by atoms with Crippen LogP contribution < -0.4 is 0 Å². The molecule has 0 radical (unpaired) electrons. The average molecular weight is 334 g/mol. The van der Waals surface area contributed by atoms with Gasteiger partial charge in [-0.3, -0.25) is 4.79 Å². The van der Waals surface area contributed by atoms with Crippen LogP contribution in [-0.4, -0.2) is 22.3 Å². The van der Waals surface area contributed by atoms with Crippen molar-refractivity contribution in [3.63, 3.8) is 0 Å². The van der Waals surface area contributed by atoms with Crippen LogP contribution in [0.2, 0.25) is 0 Å². The summed E-state index contributed by atoms with van der Waals surface area (Å²) in [6, 6.07) is 0. The number of carbonyl (C=O) groups is 1. The van der Waals surface area contributed by atoms with Crippen LogP contribution in [0.3, 0.4) is 0 Å². The average Bonchev–Trinajstić information content (AvgIpc) is 2.45. The lowest BCUT2D eigenvalue weighted by molar-refractivity contribution is -0.137. The van der Waals surface area contributed by atoms with Gasteiger partial charge < -0.3 is 10.2 Å². The number of unbranched alkanes of at least 4 members (excludes halogenated alkanes) is 10. The number of hydrogen-bond acceptors (Lipinski definition) is 2. The minimum Gasteiger partial charge on any atom is -0.481 e. The Balaban J connectivity index is 0. The predicted molar refractivity (Wildman–Crippen MR) is 99.7 cm³/mol. The molecule has 0 rings (SSSR count). The van der Waals surface area contributed by atoms with E-state index in [0.717, 1.165) is 38.5 Å². The van der Waals surface area contributed by atoms with Gasteiger partial charge in [-0.05, 0) is 19.3 Å². The molecule has 0 spiro atoms. The van der Waals surface area contributed by atoms with Crippen LogP contribution in [0.5, 0.6) is 0 Å². The fourth-order valence-corrected chi connectivity index (χ4v) is 2.67. The highest BCUT2D eigenvalue weighted by atomic mass is 31.0. The predicted octanol–water partition coefficient (Wildman–Crippen LogP) is 5.36. The van der Waals surface area contributed by atoms with E-state index in [9.17, 15) is 9.90 Å². The Hall–Kier alpha value is -0.140. The molecule has 134 valence electrons. The van der Waals surface area contributed by atoms with Gasteiger partial charge in [0.05, 0.1) is 6.10 Å². The number of aliphatic hydroxyl groups excluding tert-OH is 1. The molecule has 0 aliphatic carbocycles. The van der Waals surface area contributed by atoms with Gasteiger partial charge in [0.2, 0.25) is 0 Å². The van der Waals surface area contributed by atoms with E-state index < -0.39 is 5.97 Å². The van der Waals surface area contributed by atoms with Crippen LogP contribution in [0, 0.1) is 0 Å². The van der Waals surface area contributed by atoms with Crippen molar-refractivity contribution < 1.29 is 15.0 Å². The summed E-state index contributed by atoms with van der Waals surface area (Å²) in [5.41, 5.74) is 0. The Morgan fingerprint density at radius 3 is 1.64 bits per heavy atom. The summed E-state index contributed by atoms with van der Waals surface area (Å²) in [4.78, 5) is 10.3. The highest BCUT2D eigenvalue weighted by Gasteiger charge is 2.03. The Labute approximate surface area is 140 Å². The lowest BCUT2D eigenvalue weighted by Gasteiger charge is -2.10. The molecular weight excluding hydrogens is 295 g/mol. The zero-order valence-electron chi connectivity index (χ0n) is 14.7. The number of rotatable bonds is 16. The van der Waals surface area contributed by atoms with Crippen molar-refractivity contribution in [1.29, 1.82) is 0 Å². The smallest absolute Gasteiger partial charge is 0.303 e. The van der Waals surface area contributed by atoms with Gasteiger partial charge >= 0.3 is 5.97 Å². The molecule has 22 heavy (non-hydrogen) atoms. The van der Waals surface area contributed by atoms with E-state index >= 15 is 0 Å². The third-order valence-electron chi connectivity index (χ3n) is 4.07. The Kier molecular flexibility index (Phi) is 20.7. The quantitative estimate of drug-likeness (QED) is 0.295. The maximum atomic E-state index is 10.3. The molecular formula is C18H39O3P. The summed E-state index contributed by atoms with van der Waals surface area (Å²) in [6.45, 7) is 2.23. The fourth-order valence-electron chi connectivity index (χ4n) is 2.67. The summed E-state index contributed by atoms with van der Waals surface area (Å²) in [5.74, 6) is -0.687. The maximum Gasteiger partial charge on any atom is 0.303 e. The summed E-state index contributed by atoms with van der Waals surface area (Å²) in [7, 11) is 0. The van der Waals surface area contributed by atoms with Gasteiger partial charge in [0.15, 0.2) is 0 Å². The molecule has 4 heteroatoms. The summed E-state index contributed by atoms with van der Waals surface area (Å²) < 4.78 is 0. The standard InChI is InChI=1S/C18H36O3.H3P/c1-2-3-4-5-8-11-14-17(19)15-12-9-6-7-10-13-16-18(20)21;/h17,19H,2-16H2,1H3,(H,20,21);1H3. The van der Waals surface area contributed by atoms with E-state index in [4.69, 9.17) is 5.11 Å². The highest BCUT2D eigenvalue weighted by molar-refractivity contribution is 6.92. The molecule has 0 bridgehead atoms. The molecule has 2 N–H and O–H groups in total. The van der Waals surface area contributed by atoms with Gasteiger partial charge in [-0.15, -0.1) is 0 Å². The first-order chi connectivity index (χ1) is 10.2. The maximum absolute atomic E-state index is 10.3. The molecule has 0 aliphatic heterocycles. The Morgan fingerprint density at radius 2 is 1.18 bits per heavy atom. The van der Waals surface area contributed by atoms with Crippen LogP contribution in [0.15, 0.2) is 0 Å². The van der Waals surface area contributed by atoms with Crippen molar-refractivity contribution in [1.82, 2.24) is 0 Å². The number of aliphatic hydroxyl groups is 1. The Bertz CT molecular complexity index is 234. The number of hydrogen-bond donors (Lipinski definition) is 2. The molecule has 2 unspecified atom stereocenters. The van der Waals surface area contributed by atoms with Gasteiger partial charge in [-0.1, -0.05) is 77.6 Å². The van der Waals surface area contributed by atoms with Crippen LogP contribution in [0.25, 0.3) is 0 Å². The first-order valence-electron chi connectivity index (χ1n) is 9.06. The molecule has 0 aromatic rings. The molecule has 3 nitrogen and oxygen atoms in total. The molecule has 0 fully saturated rings. The molecule has 0 amide bonds. The largest absolute Gasteiger partial charge is 0.481 e. The molecule has 0 heterocycles. The van der Waals surface area contributed by atoms with Crippen molar-refractivity contribution >= 4 is 15.9 Å². The van der Waals surface area contributed by atoms with Crippen LogP contribution in [0.1, 0.15) is 103 Å². The summed E-state index contributed by atoms with van der Waals surface area (Å²) in [5, 5.41) is 18.4. The van der Waals surface area contributed by atoms with E-state index in [-0.39, 0.29) is 16.0 Å². The van der Waals surface area contributed by atoms with Crippen molar-refractivity contribution in [3.05, 3.63) is 0 Å². The monoisotopic (exact) mass is 334 g/mol. The van der Waals surface area contributed by atoms with Crippen molar-refractivity contribution in [2.45, 2.75) is 109 Å². The normalized spacial score (nSPS) is 11.9. The first kappa shape index (κ1) is 24.1. The zero-order chi connectivity index (χ0) is 15.8. The van der Waals surface area contributed by atoms with Crippen molar-refractivity contribution in [3.8, 4) is 0 Å². The van der Waals surface area contributed by atoms with Crippen LogP contribution >= 0.6 is 9.90 Å².